The third kappa shape index (κ3) is 5.00. The van der Waals surface area contributed by atoms with E-state index in [1.165, 1.54) is 44.1 Å². The first-order valence-electron chi connectivity index (χ1n) is 21.1. The van der Waals surface area contributed by atoms with E-state index in [1.54, 1.807) is 0 Å². The molecule has 8 bridgehead atoms. The van der Waals surface area contributed by atoms with E-state index in [2.05, 4.69) is 216 Å². The molecule has 4 nitrogen and oxygen atoms in total. The fourth-order valence-electron chi connectivity index (χ4n) is 10.4. The van der Waals surface area contributed by atoms with Crippen LogP contribution in [-0.4, -0.2) is 4.57 Å². The number of benzene rings is 9. The lowest BCUT2D eigenvalue weighted by Gasteiger charge is -2.28. The molecule has 61 heavy (non-hydrogen) atoms. The van der Waals surface area contributed by atoms with Gasteiger partial charge in [-0.2, -0.15) is 0 Å². The molecule has 0 amide bonds. The number of furan rings is 1. The molecule has 3 heterocycles. The Morgan fingerprint density at radius 2 is 0.836 bits per heavy atom. The zero-order valence-electron chi connectivity index (χ0n) is 33.8. The van der Waals surface area contributed by atoms with Crippen LogP contribution < -0.4 is 9.80 Å². The van der Waals surface area contributed by atoms with Crippen molar-refractivity contribution >= 4 is 77.9 Å². The highest BCUT2D eigenvalue weighted by molar-refractivity contribution is 6.11. The highest BCUT2D eigenvalue weighted by Crippen LogP contribution is 2.53. The van der Waals surface area contributed by atoms with Crippen LogP contribution in [0.15, 0.2) is 205 Å². The van der Waals surface area contributed by atoms with E-state index in [9.17, 15) is 0 Å². The molecule has 1 aliphatic carbocycles. The van der Waals surface area contributed by atoms with Gasteiger partial charge in [0.05, 0.1) is 11.0 Å². The number of aromatic nitrogens is 1. The molecule has 0 N–H and O–H groups in total. The first kappa shape index (κ1) is 34.1. The summed E-state index contributed by atoms with van der Waals surface area (Å²) in [5.74, 6) is 0. The van der Waals surface area contributed by atoms with Gasteiger partial charge >= 0.3 is 0 Å². The van der Waals surface area contributed by atoms with Gasteiger partial charge in [-0.05, 0) is 130 Å². The molecule has 0 unspecified atom stereocenters. The molecular formula is C57H39N3O. The monoisotopic (exact) mass is 781 g/mol. The molecule has 0 saturated heterocycles. The average molecular weight is 782 g/mol. The normalized spacial score (nSPS) is 13.8. The molecule has 0 radical (unpaired) electrons. The summed E-state index contributed by atoms with van der Waals surface area (Å²) in [6.07, 6.45) is 0. The van der Waals surface area contributed by atoms with Gasteiger partial charge in [-0.3, -0.25) is 0 Å². The Balaban J connectivity index is 1.06. The molecular weight excluding hydrogens is 743 g/mol. The van der Waals surface area contributed by atoms with Crippen molar-refractivity contribution < 1.29 is 4.42 Å². The van der Waals surface area contributed by atoms with Crippen molar-refractivity contribution in [3.63, 3.8) is 0 Å². The van der Waals surface area contributed by atoms with Gasteiger partial charge in [-0.25, -0.2) is 0 Å². The minimum atomic E-state index is -0.173. The highest BCUT2D eigenvalue weighted by atomic mass is 16.3. The summed E-state index contributed by atoms with van der Waals surface area (Å²) in [6, 6.07) is 73.5. The number of para-hydroxylation sites is 3. The number of hydrogen-bond acceptors (Lipinski definition) is 3. The fraction of sp³-hybridized carbons (Fsp3) is 0.0526. The van der Waals surface area contributed by atoms with Gasteiger partial charge < -0.3 is 18.8 Å². The Morgan fingerprint density at radius 1 is 0.344 bits per heavy atom. The van der Waals surface area contributed by atoms with Crippen LogP contribution in [-0.2, 0) is 5.41 Å². The first-order valence-corrected chi connectivity index (χ1v) is 21.1. The van der Waals surface area contributed by atoms with Gasteiger partial charge in [-0.15, -0.1) is 0 Å². The summed E-state index contributed by atoms with van der Waals surface area (Å²) < 4.78 is 8.86. The Bertz CT molecular complexity index is 3590. The van der Waals surface area contributed by atoms with Crippen molar-refractivity contribution in [1.82, 2.24) is 4.57 Å². The van der Waals surface area contributed by atoms with E-state index < -0.39 is 0 Å². The van der Waals surface area contributed by atoms with Gasteiger partial charge in [0.25, 0.3) is 0 Å². The highest BCUT2D eigenvalue weighted by Gasteiger charge is 2.37. The third-order valence-electron chi connectivity index (χ3n) is 13.3. The molecule has 4 heteroatoms. The van der Waals surface area contributed by atoms with E-state index in [-0.39, 0.29) is 5.41 Å². The summed E-state index contributed by atoms with van der Waals surface area (Å²) in [5, 5.41) is 4.73. The van der Waals surface area contributed by atoms with E-state index in [4.69, 9.17) is 4.42 Å². The smallest absolute Gasteiger partial charge is 0.137 e. The lowest BCUT2D eigenvalue weighted by Crippen LogP contribution is -2.16. The number of hydrogen-bond donors (Lipinski definition) is 0. The van der Waals surface area contributed by atoms with Crippen LogP contribution in [0.2, 0.25) is 0 Å². The number of nitrogens with zero attached hydrogens (tertiary/aromatic N) is 3. The van der Waals surface area contributed by atoms with Crippen molar-refractivity contribution in [3.05, 3.63) is 211 Å². The topological polar surface area (TPSA) is 24.6 Å². The second-order valence-corrected chi connectivity index (χ2v) is 17.0. The Kier molecular flexibility index (Phi) is 7.04. The van der Waals surface area contributed by atoms with Gasteiger partial charge in [-0.1, -0.05) is 111 Å². The predicted molar refractivity (Wildman–Crippen MR) is 254 cm³/mol. The first-order chi connectivity index (χ1) is 30.0. The Labute approximate surface area is 353 Å². The van der Waals surface area contributed by atoms with Gasteiger partial charge in [0.1, 0.15) is 11.2 Å². The number of anilines is 6. The molecule has 0 fully saturated rings. The lowest BCUT2D eigenvalue weighted by molar-refractivity contribution is 0.660. The Morgan fingerprint density at radius 3 is 1.52 bits per heavy atom. The molecule has 0 atom stereocenters. The third-order valence-corrected chi connectivity index (χ3v) is 13.3. The van der Waals surface area contributed by atoms with Crippen molar-refractivity contribution in [2.24, 2.45) is 0 Å². The van der Waals surface area contributed by atoms with E-state index in [0.29, 0.717) is 0 Å². The van der Waals surface area contributed by atoms with E-state index >= 15 is 0 Å². The molecule has 288 valence electrons. The minimum Gasteiger partial charge on any atom is -0.456 e. The van der Waals surface area contributed by atoms with Crippen LogP contribution in [0.25, 0.3) is 71.7 Å². The zero-order chi connectivity index (χ0) is 40.4. The van der Waals surface area contributed by atoms with Crippen LogP contribution in [0.5, 0.6) is 0 Å². The SMILES string of the molecule is CC1(C)c2ccc3cc2-c2cc(ccc21)N(c1ccc2c4ccccc4n(-c4ccccc4)c2c1)c1cccc(c1)-c1cccc(c1)N3c1ccc2c(c1)oc1ccccc12. The maximum absolute atomic E-state index is 6.46. The van der Waals surface area contributed by atoms with Crippen molar-refractivity contribution in [2.75, 3.05) is 9.80 Å². The van der Waals surface area contributed by atoms with E-state index in [1.807, 2.05) is 12.1 Å². The van der Waals surface area contributed by atoms with Crippen molar-refractivity contribution in [2.45, 2.75) is 19.3 Å². The molecule has 11 aromatic rings. The molecule has 9 aromatic carbocycles. The van der Waals surface area contributed by atoms with Crippen LogP contribution in [0, 0.1) is 0 Å². The lowest BCUT2D eigenvalue weighted by atomic mass is 9.82. The van der Waals surface area contributed by atoms with Gasteiger partial charge in [0, 0.05) is 72.8 Å². The summed E-state index contributed by atoms with van der Waals surface area (Å²) in [6.45, 7) is 4.72. The quantitative estimate of drug-likeness (QED) is 0.178. The second-order valence-electron chi connectivity index (χ2n) is 17.0. The minimum absolute atomic E-state index is 0.173. The Hall–Kier alpha value is -7.82. The number of fused-ring (bicyclic) bond motifs is 13. The molecule has 2 aliphatic rings. The second kappa shape index (κ2) is 12.6. The maximum atomic E-state index is 6.46. The van der Waals surface area contributed by atoms with Crippen LogP contribution in [0.4, 0.5) is 34.1 Å². The fourth-order valence-corrected chi connectivity index (χ4v) is 10.4. The zero-order valence-corrected chi connectivity index (χ0v) is 33.8. The molecule has 2 aromatic heterocycles. The molecule has 1 aliphatic heterocycles. The summed E-state index contributed by atoms with van der Waals surface area (Å²) in [7, 11) is 0. The standard InChI is InChI=1S/C57H39N3O/c1-57(2)51-28-24-41-32-49(51)50-33-42(25-29-52(50)57)59(44-23-27-48-47-19-7-9-21-55(47)61-56(48)35-44)40-17-11-13-37(31-40)36-12-10-16-39(30-36)58(41)43-22-26-46-45-18-6-8-20-53(45)60(54(46)34-43)38-14-4-3-5-15-38/h3-35H,1-2H3. The molecule has 0 spiro atoms. The maximum Gasteiger partial charge on any atom is 0.137 e. The van der Waals surface area contributed by atoms with Crippen LogP contribution >= 0.6 is 0 Å². The summed E-state index contributed by atoms with van der Waals surface area (Å²) >= 11 is 0. The summed E-state index contributed by atoms with van der Waals surface area (Å²) in [5.41, 5.74) is 19.1. The number of rotatable bonds is 3. The molecule has 0 saturated carbocycles. The average Bonchev–Trinajstić information content (AvgIpc) is 3.91. The van der Waals surface area contributed by atoms with Crippen molar-refractivity contribution in [3.8, 4) is 27.9 Å². The van der Waals surface area contributed by atoms with Gasteiger partial charge in [0.15, 0.2) is 0 Å². The largest absolute Gasteiger partial charge is 0.456 e. The van der Waals surface area contributed by atoms with E-state index in [0.717, 1.165) is 72.9 Å². The van der Waals surface area contributed by atoms with Crippen LogP contribution in [0.1, 0.15) is 25.0 Å². The molecule has 13 rings (SSSR count). The summed E-state index contributed by atoms with van der Waals surface area (Å²) in [4.78, 5) is 4.82. The van der Waals surface area contributed by atoms with Crippen molar-refractivity contribution in [1.29, 1.82) is 0 Å². The predicted octanol–water partition coefficient (Wildman–Crippen LogP) is 15.9. The van der Waals surface area contributed by atoms with Gasteiger partial charge in [0.2, 0.25) is 0 Å². The van der Waals surface area contributed by atoms with Crippen LogP contribution in [0.3, 0.4) is 0 Å².